The summed E-state index contributed by atoms with van der Waals surface area (Å²) in [7, 11) is 1.55. The second-order valence-electron chi connectivity index (χ2n) is 9.03. The summed E-state index contributed by atoms with van der Waals surface area (Å²) in [6.07, 6.45) is 3.87. The van der Waals surface area contributed by atoms with E-state index >= 15 is 0 Å². The van der Waals surface area contributed by atoms with Gasteiger partial charge in [-0.05, 0) is 60.0 Å². The zero-order chi connectivity index (χ0) is 27.8. The van der Waals surface area contributed by atoms with Crippen molar-refractivity contribution in [2.75, 3.05) is 38.2 Å². The highest BCUT2D eigenvalue weighted by molar-refractivity contribution is 6.42. The van der Waals surface area contributed by atoms with E-state index in [-0.39, 0.29) is 18.1 Å². The van der Waals surface area contributed by atoms with Gasteiger partial charge in [0.2, 0.25) is 0 Å². The molecular weight excluding hydrogens is 533 g/mol. The number of methoxy groups -OCH3 is 1. The van der Waals surface area contributed by atoms with Gasteiger partial charge in [0.1, 0.15) is 18.2 Å². The summed E-state index contributed by atoms with van der Waals surface area (Å²) < 4.78 is 11.8. The van der Waals surface area contributed by atoms with Crippen LogP contribution in [0, 0.1) is 11.3 Å². The lowest BCUT2D eigenvalue weighted by Crippen LogP contribution is -2.49. The Kier molecular flexibility index (Phi) is 9.54. The van der Waals surface area contributed by atoms with Gasteiger partial charge in [-0.1, -0.05) is 53.5 Å². The highest BCUT2D eigenvalue weighted by Crippen LogP contribution is 2.35. The first kappa shape index (κ1) is 28.1. The van der Waals surface area contributed by atoms with E-state index in [1.807, 2.05) is 30.3 Å². The van der Waals surface area contributed by atoms with Crippen LogP contribution in [0.15, 0.2) is 78.9 Å². The predicted molar refractivity (Wildman–Crippen MR) is 157 cm³/mol. The Balaban J connectivity index is 1.53. The number of nitrogens with zero attached hydrogens (tertiary/aromatic N) is 3. The number of piperazine rings is 1. The van der Waals surface area contributed by atoms with E-state index in [1.165, 1.54) is 0 Å². The van der Waals surface area contributed by atoms with Crippen molar-refractivity contribution < 1.29 is 14.3 Å². The van der Waals surface area contributed by atoms with Gasteiger partial charge in [-0.15, -0.1) is 6.58 Å². The highest BCUT2D eigenvalue weighted by Gasteiger charge is 2.24. The molecule has 1 aliphatic heterocycles. The molecule has 0 radical (unpaired) electrons. The molecule has 8 heteroatoms. The first-order chi connectivity index (χ1) is 18.9. The number of allylic oxidation sites excluding steroid dienone is 1. The fourth-order valence-corrected chi connectivity index (χ4v) is 4.78. The van der Waals surface area contributed by atoms with E-state index in [4.69, 9.17) is 32.7 Å². The zero-order valence-electron chi connectivity index (χ0n) is 21.7. The van der Waals surface area contributed by atoms with E-state index in [9.17, 15) is 10.1 Å². The van der Waals surface area contributed by atoms with Crippen molar-refractivity contribution in [3.05, 3.63) is 106 Å². The second kappa shape index (κ2) is 13.2. The van der Waals surface area contributed by atoms with Crippen LogP contribution in [0.5, 0.6) is 11.5 Å². The molecule has 0 unspecified atom stereocenters. The van der Waals surface area contributed by atoms with Crippen molar-refractivity contribution in [2.45, 2.75) is 13.0 Å². The topological polar surface area (TPSA) is 65.8 Å². The monoisotopic (exact) mass is 561 g/mol. The van der Waals surface area contributed by atoms with Crippen LogP contribution in [0.3, 0.4) is 0 Å². The van der Waals surface area contributed by atoms with Crippen LogP contribution in [0.25, 0.3) is 6.08 Å². The molecule has 0 aromatic heterocycles. The van der Waals surface area contributed by atoms with Crippen molar-refractivity contribution in [2.24, 2.45) is 0 Å². The molecule has 1 saturated heterocycles. The molecule has 0 atom stereocenters. The minimum Gasteiger partial charge on any atom is -0.493 e. The third-order valence-electron chi connectivity index (χ3n) is 6.46. The Morgan fingerprint density at radius 2 is 1.79 bits per heavy atom. The van der Waals surface area contributed by atoms with Crippen molar-refractivity contribution in [1.82, 2.24) is 4.90 Å². The Labute approximate surface area is 239 Å². The number of hydrogen-bond acceptors (Lipinski definition) is 5. The molecule has 1 amide bonds. The van der Waals surface area contributed by atoms with Gasteiger partial charge in [0.15, 0.2) is 11.5 Å². The number of carbonyl (C=O) groups is 1. The van der Waals surface area contributed by atoms with Crippen molar-refractivity contribution in [3.8, 4) is 17.6 Å². The smallest absolute Gasteiger partial charge is 0.264 e. The molecule has 4 rings (SSSR count). The summed E-state index contributed by atoms with van der Waals surface area (Å²) in [5, 5.41) is 10.8. The van der Waals surface area contributed by atoms with Crippen molar-refractivity contribution in [3.63, 3.8) is 0 Å². The van der Waals surface area contributed by atoms with Gasteiger partial charge in [-0.3, -0.25) is 4.79 Å². The number of rotatable bonds is 9. The minimum absolute atomic E-state index is 0.0687. The number of anilines is 1. The zero-order valence-corrected chi connectivity index (χ0v) is 23.2. The van der Waals surface area contributed by atoms with Crippen LogP contribution in [0.4, 0.5) is 5.69 Å². The Morgan fingerprint density at radius 1 is 1.05 bits per heavy atom. The summed E-state index contributed by atoms with van der Waals surface area (Å²) in [6.45, 7) is 6.60. The van der Waals surface area contributed by atoms with Crippen LogP contribution in [-0.2, 0) is 17.8 Å². The van der Waals surface area contributed by atoms with Crippen LogP contribution in [0.1, 0.15) is 16.7 Å². The van der Waals surface area contributed by atoms with E-state index in [1.54, 1.807) is 42.4 Å². The van der Waals surface area contributed by atoms with Gasteiger partial charge >= 0.3 is 0 Å². The number of hydrogen-bond donors (Lipinski definition) is 0. The van der Waals surface area contributed by atoms with Gasteiger partial charge in [-0.2, -0.15) is 5.26 Å². The molecule has 0 saturated carbocycles. The third-order valence-corrected chi connectivity index (χ3v) is 7.19. The summed E-state index contributed by atoms with van der Waals surface area (Å²) in [6, 6.07) is 21.2. The molecule has 0 spiro atoms. The quantitative estimate of drug-likeness (QED) is 0.168. The molecule has 0 aliphatic carbocycles. The van der Waals surface area contributed by atoms with E-state index in [0.717, 1.165) is 16.8 Å². The Morgan fingerprint density at radius 3 is 2.44 bits per heavy atom. The summed E-state index contributed by atoms with van der Waals surface area (Å²) in [5.41, 5.74) is 3.53. The number of nitriles is 1. The van der Waals surface area contributed by atoms with Crippen molar-refractivity contribution in [1.29, 1.82) is 5.26 Å². The maximum Gasteiger partial charge on any atom is 0.264 e. The van der Waals surface area contributed by atoms with Crippen LogP contribution >= 0.6 is 23.2 Å². The lowest BCUT2D eigenvalue weighted by Gasteiger charge is -2.36. The molecule has 200 valence electrons. The molecular formula is C31H29Cl2N3O3. The van der Waals surface area contributed by atoms with Crippen molar-refractivity contribution >= 4 is 40.9 Å². The molecule has 0 N–H and O–H groups in total. The standard InChI is InChI=1S/C31H29Cl2N3O3/c1-3-7-24-16-23(19-29(38-2)30(24)39-21-22-10-11-27(32)28(33)18-22)17-25(20-34)31(37)36-14-12-35(13-15-36)26-8-5-4-6-9-26/h3-6,8-11,16-19H,1,7,12-15,21H2,2H3/b25-17-. The first-order valence-electron chi connectivity index (χ1n) is 12.5. The van der Waals surface area contributed by atoms with Gasteiger partial charge in [-0.25, -0.2) is 0 Å². The first-order valence-corrected chi connectivity index (χ1v) is 13.3. The molecule has 3 aromatic carbocycles. The molecule has 0 bridgehead atoms. The normalized spacial score (nSPS) is 13.5. The molecule has 6 nitrogen and oxygen atoms in total. The number of benzene rings is 3. The highest BCUT2D eigenvalue weighted by atomic mass is 35.5. The number of ether oxygens (including phenoxy) is 2. The SMILES string of the molecule is C=CCc1cc(/C=C(/C#N)C(=O)N2CCN(c3ccccc3)CC2)cc(OC)c1OCc1ccc(Cl)c(Cl)c1. The number of carbonyl (C=O) groups excluding carboxylic acids is 1. The maximum absolute atomic E-state index is 13.2. The molecule has 3 aromatic rings. The van der Waals surface area contributed by atoms with E-state index < -0.39 is 0 Å². The number of para-hydroxylation sites is 1. The fourth-order valence-electron chi connectivity index (χ4n) is 4.46. The summed E-state index contributed by atoms with van der Waals surface area (Å²) >= 11 is 12.2. The number of amides is 1. The lowest BCUT2D eigenvalue weighted by atomic mass is 10.0. The van der Waals surface area contributed by atoms with Crippen LogP contribution in [0.2, 0.25) is 10.0 Å². The Bertz CT molecular complexity index is 1410. The lowest BCUT2D eigenvalue weighted by molar-refractivity contribution is -0.126. The fraction of sp³-hybridized carbons (Fsp3) is 0.226. The molecule has 1 aliphatic rings. The minimum atomic E-state index is -0.283. The summed E-state index contributed by atoms with van der Waals surface area (Å²) in [4.78, 5) is 17.2. The van der Waals surface area contributed by atoms with E-state index in [2.05, 4.69) is 29.7 Å². The molecule has 1 fully saturated rings. The van der Waals surface area contributed by atoms with Gasteiger partial charge in [0, 0.05) is 37.4 Å². The largest absolute Gasteiger partial charge is 0.493 e. The second-order valence-corrected chi connectivity index (χ2v) is 9.84. The van der Waals surface area contributed by atoms with Gasteiger partial charge < -0.3 is 19.3 Å². The predicted octanol–water partition coefficient (Wildman–Crippen LogP) is 6.57. The average molecular weight is 562 g/mol. The Hall–Kier alpha value is -3.92. The molecule has 39 heavy (non-hydrogen) atoms. The third kappa shape index (κ3) is 6.94. The average Bonchev–Trinajstić information content (AvgIpc) is 2.97. The number of halogens is 2. The summed E-state index contributed by atoms with van der Waals surface area (Å²) in [5.74, 6) is 0.763. The van der Waals surface area contributed by atoms with Gasteiger partial charge in [0.05, 0.1) is 17.2 Å². The van der Waals surface area contributed by atoms with Crippen LogP contribution < -0.4 is 14.4 Å². The van der Waals surface area contributed by atoms with E-state index in [0.29, 0.717) is 59.7 Å². The van der Waals surface area contributed by atoms with Gasteiger partial charge in [0.25, 0.3) is 5.91 Å². The molecule has 1 heterocycles. The van der Waals surface area contributed by atoms with Crippen LogP contribution in [-0.4, -0.2) is 44.1 Å². The maximum atomic E-state index is 13.2.